The average molecular weight is 286 g/mol. The van der Waals surface area contributed by atoms with Crippen LogP contribution in [0, 0.1) is 5.92 Å². The molecule has 2 N–H and O–H groups in total. The fraction of sp³-hybridized carbons (Fsp3) is 0.375. The predicted molar refractivity (Wildman–Crippen MR) is 86.3 cm³/mol. The van der Waals surface area contributed by atoms with E-state index in [0.717, 1.165) is 29.6 Å². The number of anilines is 3. The van der Waals surface area contributed by atoms with Gasteiger partial charge in [0.1, 0.15) is 23.7 Å². The highest BCUT2D eigenvalue weighted by molar-refractivity contribution is 5.59. The van der Waals surface area contributed by atoms with Gasteiger partial charge in [-0.25, -0.2) is 9.97 Å². The molecule has 5 heteroatoms. The van der Waals surface area contributed by atoms with E-state index < -0.39 is 0 Å². The van der Waals surface area contributed by atoms with E-state index in [2.05, 4.69) is 34.4 Å². The number of ether oxygens (including phenoxy) is 1. The van der Waals surface area contributed by atoms with Crippen LogP contribution in [-0.4, -0.2) is 23.1 Å². The zero-order valence-electron chi connectivity index (χ0n) is 12.8. The lowest BCUT2D eigenvalue weighted by Gasteiger charge is -2.10. The molecule has 0 aliphatic heterocycles. The molecule has 1 aromatic heterocycles. The molecule has 2 aromatic rings. The summed E-state index contributed by atoms with van der Waals surface area (Å²) in [5, 5.41) is 6.54. The highest BCUT2D eigenvalue weighted by Crippen LogP contribution is 2.19. The fourth-order valence-electron chi connectivity index (χ4n) is 1.78. The zero-order valence-corrected chi connectivity index (χ0v) is 12.8. The quantitative estimate of drug-likeness (QED) is 0.813. The van der Waals surface area contributed by atoms with Crippen molar-refractivity contribution in [1.82, 2.24) is 9.97 Å². The standard InChI is InChI=1S/C16H22N4O/c1-4-21-14-7-5-13(6-8-14)20-16-9-15(18-11-19-16)17-10-12(2)3/h5-9,11-12H,4,10H2,1-3H3,(H2,17,18,19,20). The van der Waals surface area contributed by atoms with Crippen LogP contribution in [0.2, 0.25) is 0 Å². The molecular formula is C16H22N4O. The van der Waals surface area contributed by atoms with Gasteiger partial charge in [-0.3, -0.25) is 0 Å². The van der Waals surface area contributed by atoms with Crippen molar-refractivity contribution in [3.63, 3.8) is 0 Å². The Kier molecular flexibility index (Phi) is 5.37. The van der Waals surface area contributed by atoms with Gasteiger partial charge in [-0.2, -0.15) is 0 Å². The van der Waals surface area contributed by atoms with Crippen molar-refractivity contribution in [3.8, 4) is 5.75 Å². The van der Waals surface area contributed by atoms with Crippen molar-refractivity contribution in [2.75, 3.05) is 23.8 Å². The lowest BCUT2D eigenvalue weighted by Crippen LogP contribution is -2.09. The van der Waals surface area contributed by atoms with Crippen molar-refractivity contribution in [2.24, 2.45) is 5.92 Å². The third-order valence-electron chi connectivity index (χ3n) is 2.80. The number of hydrogen-bond acceptors (Lipinski definition) is 5. The minimum Gasteiger partial charge on any atom is -0.494 e. The van der Waals surface area contributed by atoms with Crippen LogP contribution in [0.15, 0.2) is 36.7 Å². The zero-order chi connectivity index (χ0) is 15.1. The third kappa shape index (κ3) is 4.95. The molecular weight excluding hydrogens is 264 g/mol. The normalized spacial score (nSPS) is 10.5. The molecule has 0 radical (unpaired) electrons. The molecule has 2 rings (SSSR count). The predicted octanol–water partition coefficient (Wildman–Crippen LogP) is 3.69. The Morgan fingerprint density at radius 2 is 1.81 bits per heavy atom. The minimum atomic E-state index is 0.572. The van der Waals surface area contributed by atoms with Gasteiger partial charge in [-0.1, -0.05) is 13.8 Å². The second kappa shape index (κ2) is 7.47. The lowest BCUT2D eigenvalue weighted by atomic mass is 10.2. The van der Waals surface area contributed by atoms with Gasteiger partial charge in [0.05, 0.1) is 6.61 Å². The smallest absolute Gasteiger partial charge is 0.135 e. The Bertz CT molecular complexity index is 554. The maximum Gasteiger partial charge on any atom is 0.135 e. The Morgan fingerprint density at radius 3 is 2.48 bits per heavy atom. The van der Waals surface area contributed by atoms with Crippen LogP contribution < -0.4 is 15.4 Å². The molecule has 0 saturated carbocycles. The summed E-state index contributed by atoms with van der Waals surface area (Å²) in [4.78, 5) is 8.44. The first-order valence-corrected chi connectivity index (χ1v) is 7.23. The van der Waals surface area contributed by atoms with Gasteiger partial charge in [0.25, 0.3) is 0 Å². The maximum absolute atomic E-state index is 5.42. The number of rotatable bonds is 7. The summed E-state index contributed by atoms with van der Waals surface area (Å²) < 4.78 is 5.42. The molecule has 0 aliphatic rings. The molecule has 5 nitrogen and oxygen atoms in total. The number of nitrogens with one attached hydrogen (secondary N) is 2. The van der Waals surface area contributed by atoms with E-state index in [0.29, 0.717) is 12.5 Å². The summed E-state index contributed by atoms with van der Waals surface area (Å²) in [7, 11) is 0. The second-order valence-electron chi connectivity index (χ2n) is 5.15. The van der Waals surface area contributed by atoms with E-state index >= 15 is 0 Å². The fourth-order valence-corrected chi connectivity index (χ4v) is 1.78. The maximum atomic E-state index is 5.42. The van der Waals surface area contributed by atoms with E-state index in [1.807, 2.05) is 37.3 Å². The Morgan fingerprint density at radius 1 is 1.10 bits per heavy atom. The Labute approximate surface area is 125 Å². The molecule has 112 valence electrons. The topological polar surface area (TPSA) is 59.1 Å². The molecule has 0 spiro atoms. The van der Waals surface area contributed by atoms with Crippen LogP contribution in [0.4, 0.5) is 17.3 Å². The Hall–Kier alpha value is -2.30. The number of nitrogens with zero attached hydrogens (tertiary/aromatic N) is 2. The molecule has 0 amide bonds. The first kappa shape index (κ1) is 15.1. The molecule has 0 atom stereocenters. The van der Waals surface area contributed by atoms with Crippen molar-refractivity contribution in [3.05, 3.63) is 36.7 Å². The van der Waals surface area contributed by atoms with E-state index in [4.69, 9.17) is 4.74 Å². The monoisotopic (exact) mass is 286 g/mol. The first-order chi connectivity index (χ1) is 10.2. The van der Waals surface area contributed by atoms with E-state index in [-0.39, 0.29) is 0 Å². The van der Waals surface area contributed by atoms with E-state index in [9.17, 15) is 0 Å². The summed E-state index contributed by atoms with van der Waals surface area (Å²) >= 11 is 0. The Balaban J connectivity index is 2.00. The van der Waals surface area contributed by atoms with Crippen molar-refractivity contribution < 1.29 is 4.74 Å². The van der Waals surface area contributed by atoms with Gasteiger partial charge in [-0.15, -0.1) is 0 Å². The largest absolute Gasteiger partial charge is 0.494 e. The summed E-state index contributed by atoms with van der Waals surface area (Å²) in [5.41, 5.74) is 0.965. The van der Waals surface area contributed by atoms with Crippen molar-refractivity contribution in [1.29, 1.82) is 0 Å². The van der Waals surface area contributed by atoms with Crippen molar-refractivity contribution >= 4 is 17.3 Å². The van der Waals surface area contributed by atoms with Crippen LogP contribution >= 0.6 is 0 Å². The lowest BCUT2D eigenvalue weighted by molar-refractivity contribution is 0.340. The van der Waals surface area contributed by atoms with Crippen molar-refractivity contribution in [2.45, 2.75) is 20.8 Å². The van der Waals surface area contributed by atoms with Gasteiger partial charge in [0, 0.05) is 18.3 Å². The highest BCUT2D eigenvalue weighted by Gasteiger charge is 2.01. The van der Waals surface area contributed by atoms with E-state index in [1.165, 1.54) is 0 Å². The summed E-state index contributed by atoms with van der Waals surface area (Å²) in [6.45, 7) is 7.85. The average Bonchev–Trinajstić information content (AvgIpc) is 2.48. The van der Waals surface area contributed by atoms with Crippen LogP contribution in [-0.2, 0) is 0 Å². The van der Waals surface area contributed by atoms with E-state index in [1.54, 1.807) is 6.33 Å². The number of hydrogen-bond donors (Lipinski definition) is 2. The van der Waals surface area contributed by atoms with Gasteiger partial charge < -0.3 is 15.4 Å². The van der Waals surface area contributed by atoms with Gasteiger partial charge in [0.2, 0.25) is 0 Å². The molecule has 0 saturated heterocycles. The summed E-state index contributed by atoms with van der Waals surface area (Å²) in [6, 6.07) is 9.71. The van der Waals surface area contributed by atoms with Crippen LogP contribution in [0.25, 0.3) is 0 Å². The van der Waals surface area contributed by atoms with Crippen LogP contribution in [0.3, 0.4) is 0 Å². The summed E-state index contributed by atoms with van der Waals surface area (Å²) in [6.07, 6.45) is 1.56. The first-order valence-electron chi connectivity index (χ1n) is 7.23. The molecule has 0 fully saturated rings. The van der Waals surface area contributed by atoms with Crippen LogP contribution in [0.1, 0.15) is 20.8 Å². The number of benzene rings is 1. The summed E-state index contributed by atoms with van der Waals surface area (Å²) in [5.74, 6) is 3.03. The molecule has 1 heterocycles. The second-order valence-corrected chi connectivity index (χ2v) is 5.15. The van der Waals surface area contributed by atoms with Crippen LogP contribution in [0.5, 0.6) is 5.75 Å². The SMILES string of the molecule is CCOc1ccc(Nc2cc(NCC(C)C)ncn2)cc1. The molecule has 0 aliphatic carbocycles. The van der Waals surface area contributed by atoms with Gasteiger partial charge in [0.15, 0.2) is 0 Å². The molecule has 21 heavy (non-hydrogen) atoms. The molecule has 1 aromatic carbocycles. The number of aromatic nitrogens is 2. The minimum absolute atomic E-state index is 0.572. The highest BCUT2D eigenvalue weighted by atomic mass is 16.5. The third-order valence-corrected chi connectivity index (χ3v) is 2.80. The van der Waals surface area contributed by atoms with Gasteiger partial charge in [-0.05, 0) is 37.1 Å². The van der Waals surface area contributed by atoms with Gasteiger partial charge >= 0.3 is 0 Å². The molecule has 0 bridgehead atoms. The molecule has 0 unspecified atom stereocenters.